The summed E-state index contributed by atoms with van der Waals surface area (Å²) in [7, 11) is 0. The van der Waals surface area contributed by atoms with Gasteiger partial charge in [0.15, 0.2) is 0 Å². The summed E-state index contributed by atoms with van der Waals surface area (Å²) in [6.07, 6.45) is 0. The van der Waals surface area contributed by atoms with Gasteiger partial charge in [-0.2, -0.15) is 0 Å². The van der Waals surface area contributed by atoms with Crippen molar-refractivity contribution in [3.8, 4) is 11.8 Å². The fourth-order valence-corrected chi connectivity index (χ4v) is 1.06. The van der Waals surface area contributed by atoms with Crippen molar-refractivity contribution in [2.45, 2.75) is 13.8 Å². The van der Waals surface area contributed by atoms with Gasteiger partial charge in [0, 0.05) is 13.0 Å². The summed E-state index contributed by atoms with van der Waals surface area (Å²) in [4.78, 5) is 10.5. The molecule has 0 fully saturated rings. The van der Waals surface area contributed by atoms with Gasteiger partial charge in [-0.3, -0.25) is 4.79 Å². The summed E-state index contributed by atoms with van der Waals surface area (Å²) in [6, 6.07) is 2.14. The number of carbonyl (C=O) groups is 1. The van der Waals surface area contributed by atoms with E-state index < -0.39 is 11.6 Å². The minimum atomic E-state index is -0.696. The molecule has 84 valence electrons. The normalized spacial score (nSPS) is 9.25. The number of nitrogens with one attached hydrogen (secondary N) is 1. The molecule has 0 unspecified atom stereocenters. The highest BCUT2D eigenvalue weighted by molar-refractivity contribution is 5.73. The van der Waals surface area contributed by atoms with Gasteiger partial charge < -0.3 is 5.32 Å². The van der Waals surface area contributed by atoms with Gasteiger partial charge in [0.25, 0.3) is 0 Å². The van der Waals surface area contributed by atoms with Crippen molar-refractivity contribution in [2.75, 3.05) is 6.54 Å². The largest absolute Gasteiger partial charge is 0.345 e. The molecule has 1 amide bonds. The van der Waals surface area contributed by atoms with E-state index in [-0.39, 0.29) is 18.0 Å². The SMILES string of the molecule is CC(=O)NCC#Cc1cc(C)c(F)cc1F. The average Bonchev–Trinajstić information content (AvgIpc) is 2.19. The van der Waals surface area contributed by atoms with Crippen LogP contribution in [0.4, 0.5) is 8.78 Å². The van der Waals surface area contributed by atoms with E-state index in [1.165, 1.54) is 19.9 Å². The Bertz CT molecular complexity index is 472. The van der Waals surface area contributed by atoms with Crippen LogP contribution in [0.5, 0.6) is 0 Å². The molecule has 1 rings (SSSR count). The van der Waals surface area contributed by atoms with E-state index in [4.69, 9.17) is 0 Å². The summed E-state index contributed by atoms with van der Waals surface area (Å²) in [6.45, 7) is 3.04. The Morgan fingerprint density at radius 3 is 2.69 bits per heavy atom. The summed E-state index contributed by atoms with van der Waals surface area (Å²) in [5.41, 5.74) is 0.467. The quantitative estimate of drug-likeness (QED) is 0.722. The lowest BCUT2D eigenvalue weighted by molar-refractivity contribution is -0.118. The molecule has 1 aromatic rings. The van der Waals surface area contributed by atoms with Gasteiger partial charge in [-0.1, -0.05) is 11.8 Å². The molecule has 0 aliphatic rings. The smallest absolute Gasteiger partial charge is 0.217 e. The van der Waals surface area contributed by atoms with Gasteiger partial charge in [-0.15, -0.1) is 0 Å². The second kappa shape index (κ2) is 5.26. The number of halogens is 2. The Balaban J connectivity index is 2.81. The lowest BCUT2D eigenvalue weighted by atomic mass is 10.1. The van der Waals surface area contributed by atoms with E-state index in [1.54, 1.807) is 0 Å². The minimum Gasteiger partial charge on any atom is -0.345 e. The highest BCUT2D eigenvalue weighted by Crippen LogP contribution is 2.12. The maximum absolute atomic E-state index is 13.2. The Morgan fingerprint density at radius 2 is 2.06 bits per heavy atom. The number of amides is 1. The van der Waals surface area contributed by atoms with E-state index in [0.29, 0.717) is 5.56 Å². The zero-order valence-electron chi connectivity index (χ0n) is 9.03. The first-order valence-corrected chi connectivity index (χ1v) is 4.69. The van der Waals surface area contributed by atoms with Crippen LogP contribution < -0.4 is 5.32 Å². The van der Waals surface area contributed by atoms with E-state index >= 15 is 0 Å². The van der Waals surface area contributed by atoms with Gasteiger partial charge in [-0.25, -0.2) is 8.78 Å². The molecular weight excluding hydrogens is 212 g/mol. The van der Waals surface area contributed by atoms with Gasteiger partial charge in [-0.05, 0) is 18.6 Å². The monoisotopic (exact) mass is 223 g/mol. The summed E-state index contributed by atoms with van der Waals surface area (Å²) >= 11 is 0. The van der Waals surface area contributed by atoms with Crippen molar-refractivity contribution in [1.29, 1.82) is 0 Å². The number of hydrogen-bond acceptors (Lipinski definition) is 1. The summed E-state index contributed by atoms with van der Waals surface area (Å²) in [5, 5.41) is 2.45. The molecule has 0 bridgehead atoms. The van der Waals surface area contributed by atoms with Gasteiger partial charge in [0.05, 0.1) is 12.1 Å². The second-order valence-corrected chi connectivity index (χ2v) is 3.29. The predicted octanol–water partition coefficient (Wildman–Crippen LogP) is 1.76. The predicted molar refractivity (Wildman–Crippen MR) is 56.7 cm³/mol. The zero-order valence-corrected chi connectivity index (χ0v) is 9.03. The van der Waals surface area contributed by atoms with Crippen LogP contribution in [0.2, 0.25) is 0 Å². The molecule has 0 spiro atoms. The molecule has 1 aromatic carbocycles. The molecule has 4 heteroatoms. The third kappa shape index (κ3) is 3.35. The molecule has 0 radical (unpaired) electrons. The maximum atomic E-state index is 13.2. The van der Waals surface area contributed by atoms with Crippen LogP contribution in [0.15, 0.2) is 12.1 Å². The molecule has 16 heavy (non-hydrogen) atoms. The van der Waals surface area contributed by atoms with Crippen molar-refractivity contribution in [3.05, 3.63) is 34.9 Å². The molecule has 0 saturated carbocycles. The summed E-state index contributed by atoms with van der Waals surface area (Å²) in [5.74, 6) is 3.61. The first kappa shape index (κ1) is 12.2. The van der Waals surface area contributed by atoms with Crippen molar-refractivity contribution in [2.24, 2.45) is 0 Å². The van der Waals surface area contributed by atoms with Gasteiger partial charge in [0.2, 0.25) is 5.91 Å². The molecule has 0 aliphatic heterocycles. The first-order valence-electron chi connectivity index (χ1n) is 4.69. The summed E-state index contributed by atoms with van der Waals surface area (Å²) < 4.78 is 26.1. The lowest BCUT2D eigenvalue weighted by Crippen LogP contribution is -2.19. The third-order valence-corrected chi connectivity index (χ3v) is 1.90. The van der Waals surface area contributed by atoms with Crippen LogP contribution in [0.3, 0.4) is 0 Å². The third-order valence-electron chi connectivity index (χ3n) is 1.90. The van der Waals surface area contributed by atoms with E-state index in [2.05, 4.69) is 17.2 Å². The lowest BCUT2D eigenvalue weighted by Gasteiger charge is -1.99. The fraction of sp³-hybridized carbons (Fsp3) is 0.250. The second-order valence-electron chi connectivity index (χ2n) is 3.29. The standard InChI is InChI=1S/C12H11F2NO/c1-8-6-10(12(14)7-11(8)13)4-3-5-15-9(2)16/h6-7H,5H2,1-2H3,(H,15,16). The fourth-order valence-electron chi connectivity index (χ4n) is 1.06. The van der Waals surface area contributed by atoms with Crippen LogP contribution in [-0.2, 0) is 4.79 Å². The van der Waals surface area contributed by atoms with Crippen molar-refractivity contribution >= 4 is 5.91 Å². The number of carbonyl (C=O) groups excluding carboxylic acids is 1. The first-order chi connectivity index (χ1) is 7.50. The van der Waals surface area contributed by atoms with Crippen LogP contribution in [0, 0.1) is 30.4 Å². The minimum absolute atomic E-state index is 0.129. The van der Waals surface area contributed by atoms with E-state index in [9.17, 15) is 13.6 Å². The van der Waals surface area contributed by atoms with E-state index in [0.717, 1.165) is 6.07 Å². The number of hydrogen-bond donors (Lipinski definition) is 1. The highest BCUT2D eigenvalue weighted by Gasteiger charge is 2.04. The van der Waals surface area contributed by atoms with Crippen LogP contribution >= 0.6 is 0 Å². The maximum Gasteiger partial charge on any atom is 0.217 e. The Morgan fingerprint density at radius 1 is 1.38 bits per heavy atom. The molecule has 0 atom stereocenters. The molecule has 0 aliphatic carbocycles. The number of aryl methyl sites for hydroxylation is 1. The highest BCUT2D eigenvalue weighted by atomic mass is 19.1. The molecule has 1 N–H and O–H groups in total. The van der Waals surface area contributed by atoms with Crippen molar-refractivity contribution in [1.82, 2.24) is 5.32 Å². The van der Waals surface area contributed by atoms with Crippen molar-refractivity contribution in [3.63, 3.8) is 0 Å². The van der Waals surface area contributed by atoms with Gasteiger partial charge >= 0.3 is 0 Å². The Labute approximate surface area is 92.7 Å². The number of rotatable bonds is 1. The topological polar surface area (TPSA) is 29.1 Å². The van der Waals surface area contributed by atoms with Crippen LogP contribution in [0.1, 0.15) is 18.1 Å². The molecular formula is C12H11F2NO. The van der Waals surface area contributed by atoms with Crippen molar-refractivity contribution < 1.29 is 13.6 Å². The molecule has 0 heterocycles. The Kier molecular flexibility index (Phi) is 4.01. The van der Waals surface area contributed by atoms with Gasteiger partial charge in [0.1, 0.15) is 11.6 Å². The molecule has 2 nitrogen and oxygen atoms in total. The average molecular weight is 223 g/mol. The van der Waals surface area contributed by atoms with E-state index in [1.807, 2.05) is 0 Å². The van der Waals surface area contributed by atoms with Crippen LogP contribution in [0.25, 0.3) is 0 Å². The Hall–Kier alpha value is -1.89. The zero-order chi connectivity index (χ0) is 12.1. The molecule has 0 saturated heterocycles. The number of benzene rings is 1. The molecule has 0 aromatic heterocycles. The van der Waals surface area contributed by atoms with Crippen LogP contribution in [-0.4, -0.2) is 12.5 Å².